The maximum Gasteiger partial charge on any atom is 0.220 e. The van der Waals surface area contributed by atoms with Gasteiger partial charge in [-0.3, -0.25) is 0 Å². The fourth-order valence-corrected chi connectivity index (χ4v) is 2.77. The lowest BCUT2D eigenvalue weighted by molar-refractivity contribution is 0.418. The Labute approximate surface area is 122 Å². The molecule has 0 bridgehead atoms. The van der Waals surface area contributed by atoms with Gasteiger partial charge in [-0.25, -0.2) is 9.97 Å². The largest absolute Gasteiger partial charge is 0.497 e. The van der Waals surface area contributed by atoms with Crippen LogP contribution in [0.25, 0.3) is 11.3 Å². The van der Waals surface area contributed by atoms with Crippen LogP contribution in [0, 0.1) is 0 Å². The molecule has 7 heteroatoms. The number of hydrogen-bond acceptors (Lipinski definition) is 5. The van der Waals surface area contributed by atoms with Crippen LogP contribution in [-0.2, 0) is 13.1 Å². The van der Waals surface area contributed by atoms with Gasteiger partial charge in [-0.05, 0) is 17.6 Å². The Kier molecular flexibility index (Phi) is 3.27. The van der Waals surface area contributed by atoms with E-state index in [-0.39, 0.29) is 5.95 Å². The molecule has 0 unspecified atom stereocenters. The minimum Gasteiger partial charge on any atom is -0.497 e. The van der Waals surface area contributed by atoms with E-state index < -0.39 is 0 Å². The molecule has 0 radical (unpaired) electrons. The molecule has 0 amide bonds. The van der Waals surface area contributed by atoms with Crippen molar-refractivity contribution < 1.29 is 4.74 Å². The minimum atomic E-state index is 0.262. The van der Waals surface area contributed by atoms with Crippen molar-refractivity contribution in [3.05, 3.63) is 28.4 Å². The second-order valence-corrected chi connectivity index (χ2v) is 5.17. The molecule has 20 heavy (non-hydrogen) atoms. The third-order valence-electron chi connectivity index (χ3n) is 3.44. The van der Waals surface area contributed by atoms with Crippen LogP contribution in [0.15, 0.2) is 12.1 Å². The predicted molar refractivity (Wildman–Crippen MR) is 82.2 cm³/mol. The van der Waals surface area contributed by atoms with Crippen molar-refractivity contribution in [1.29, 1.82) is 0 Å². The Morgan fingerprint density at radius 3 is 2.90 bits per heavy atom. The summed E-state index contributed by atoms with van der Waals surface area (Å²) in [4.78, 5) is 8.63. The lowest BCUT2D eigenvalue weighted by Gasteiger charge is -2.13. The van der Waals surface area contributed by atoms with Crippen molar-refractivity contribution in [2.45, 2.75) is 13.1 Å². The number of aromatic nitrogens is 2. The first-order valence-electron chi connectivity index (χ1n) is 6.30. The van der Waals surface area contributed by atoms with Crippen LogP contribution in [0.5, 0.6) is 5.75 Å². The van der Waals surface area contributed by atoms with Gasteiger partial charge < -0.3 is 15.8 Å². The number of nitrogen functional groups attached to an aromatic ring is 1. The van der Waals surface area contributed by atoms with Gasteiger partial charge in [-0.2, -0.15) is 0 Å². The molecule has 1 aliphatic rings. The number of halogens is 1. The molecule has 0 fully saturated rings. The van der Waals surface area contributed by atoms with Gasteiger partial charge in [0.25, 0.3) is 0 Å². The normalized spacial score (nSPS) is 13.3. The molecule has 5 nitrogen and oxygen atoms in total. The number of nitrogens with one attached hydrogen (secondary N) is 1. The van der Waals surface area contributed by atoms with Gasteiger partial charge in [-0.1, -0.05) is 11.6 Å². The summed E-state index contributed by atoms with van der Waals surface area (Å²) in [5, 5.41) is 3.89. The standard InChI is InChI=1S/C13H14BClN4O/c1-20-11-2-6(9(15)3-8(11)14)12-7-4-17-5-10(7)18-13(16)19-12/h2-3,17H,4-5,14H2,1H3,(H2,16,18,19). The van der Waals surface area contributed by atoms with Gasteiger partial charge in [0.05, 0.1) is 18.5 Å². The van der Waals surface area contributed by atoms with Gasteiger partial charge in [0.15, 0.2) is 0 Å². The number of nitrogens with zero attached hydrogens (tertiary/aromatic N) is 2. The number of rotatable bonds is 2. The fraction of sp³-hybridized carbons (Fsp3) is 0.231. The quantitative estimate of drug-likeness (QED) is 0.775. The summed E-state index contributed by atoms with van der Waals surface area (Å²) in [6.45, 7) is 1.42. The van der Waals surface area contributed by atoms with Crippen molar-refractivity contribution in [3.8, 4) is 17.0 Å². The molecule has 0 saturated carbocycles. The summed E-state index contributed by atoms with van der Waals surface area (Å²) in [7, 11) is 3.59. The lowest BCUT2D eigenvalue weighted by Crippen LogP contribution is -2.09. The van der Waals surface area contributed by atoms with E-state index in [4.69, 9.17) is 22.1 Å². The van der Waals surface area contributed by atoms with Gasteiger partial charge in [-0.15, -0.1) is 0 Å². The van der Waals surface area contributed by atoms with Crippen molar-refractivity contribution in [2.75, 3.05) is 12.8 Å². The Morgan fingerprint density at radius 1 is 1.35 bits per heavy atom. The molecule has 0 atom stereocenters. The second kappa shape index (κ2) is 4.96. The van der Waals surface area contributed by atoms with E-state index in [1.807, 2.05) is 20.0 Å². The molecule has 2 heterocycles. The van der Waals surface area contributed by atoms with Crippen LogP contribution in [-0.4, -0.2) is 24.9 Å². The number of anilines is 1. The summed E-state index contributed by atoms with van der Waals surface area (Å²) >= 11 is 6.37. The van der Waals surface area contributed by atoms with Crippen LogP contribution >= 0.6 is 11.6 Å². The molecule has 0 aliphatic carbocycles. The third kappa shape index (κ3) is 2.11. The summed E-state index contributed by atoms with van der Waals surface area (Å²) in [5.41, 5.74) is 10.4. The maximum atomic E-state index is 6.37. The molecule has 2 aromatic rings. The molecule has 1 aromatic heterocycles. The number of ether oxygens (including phenoxy) is 1. The van der Waals surface area contributed by atoms with E-state index in [0.717, 1.165) is 40.3 Å². The minimum absolute atomic E-state index is 0.262. The predicted octanol–water partition coefficient (Wildman–Crippen LogP) is 0.249. The van der Waals surface area contributed by atoms with Crippen LogP contribution in [0.4, 0.5) is 5.95 Å². The van der Waals surface area contributed by atoms with Crippen LogP contribution < -0.4 is 21.3 Å². The van der Waals surface area contributed by atoms with Gasteiger partial charge in [0.2, 0.25) is 5.95 Å². The number of nitrogens with two attached hydrogens (primary N) is 1. The zero-order valence-electron chi connectivity index (χ0n) is 11.3. The molecule has 0 spiro atoms. The van der Waals surface area contributed by atoms with Crippen LogP contribution in [0.2, 0.25) is 5.02 Å². The van der Waals surface area contributed by atoms with Gasteiger partial charge >= 0.3 is 0 Å². The third-order valence-corrected chi connectivity index (χ3v) is 3.76. The first-order chi connectivity index (χ1) is 9.60. The number of fused-ring (bicyclic) bond motifs is 1. The van der Waals surface area contributed by atoms with Gasteiger partial charge in [0.1, 0.15) is 13.6 Å². The highest BCUT2D eigenvalue weighted by molar-refractivity contribution is 6.39. The molecule has 1 aromatic carbocycles. The average molecular weight is 289 g/mol. The molecule has 1 aliphatic heterocycles. The zero-order valence-corrected chi connectivity index (χ0v) is 12.1. The summed E-state index contributed by atoms with van der Waals surface area (Å²) in [6.07, 6.45) is 0. The molecular formula is C13H14BClN4O. The topological polar surface area (TPSA) is 73.1 Å². The van der Waals surface area contributed by atoms with Crippen molar-refractivity contribution in [2.24, 2.45) is 0 Å². The van der Waals surface area contributed by atoms with E-state index in [0.29, 0.717) is 11.6 Å². The van der Waals surface area contributed by atoms with Crippen molar-refractivity contribution in [1.82, 2.24) is 15.3 Å². The summed E-state index contributed by atoms with van der Waals surface area (Å²) < 4.78 is 5.36. The maximum absolute atomic E-state index is 6.37. The molecular weight excluding hydrogens is 274 g/mol. The Hall–Kier alpha value is -1.79. The Balaban J connectivity index is 2.24. The van der Waals surface area contributed by atoms with E-state index >= 15 is 0 Å². The monoisotopic (exact) mass is 288 g/mol. The van der Waals surface area contributed by atoms with E-state index in [2.05, 4.69) is 15.3 Å². The lowest BCUT2D eigenvalue weighted by atomic mass is 9.92. The highest BCUT2D eigenvalue weighted by atomic mass is 35.5. The van der Waals surface area contributed by atoms with Crippen molar-refractivity contribution in [3.63, 3.8) is 0 Å². The molecule has 102 valence electrons. The second-order valence-electron chi connectivity index (χ2n) is 4.76. The average Bonchev–Trinajstić information content (AvgIpc) is 2.86. The van der Waals surface area contributed by atoms with E-state index in [1.54, 1.807) is 7.11 Å². The number of hydrogen-bond donors (Lipinski definition) is 2. The zero-order chi connectivity index (χ0) is 14.3. The van der Waals surface area contributed by atoms with Crippen molar-refractivity contribution >= 4 is 30.9 Å². The summed E-state index contributed by atoms with van der Waals surface area (Å²) in [5.74, 6) is 1.04. The highest BCUT2D eigenvalue weighted by Crippen LogP contribution is 2.33. The van der Waals surface area contributed by atoms with Crippen LogP contribution in [0.3, 0.4) is 0 Å². The Bertz CT molecular complexity index is 693. The number of benzene rings is 1. The molecule has 3 rings (SSSR count). The van der Waals surface area contributed by atoms with E-state index in [1.165, 1.54) is 0 Å². The smallest absolute Gasteiger partial charge is 0.220 e. The summed E-state index contributed by atoms with van der Waals surface area (Å²) in [6, 6.07) is 3.78. The first kappa shape index (κ1) is 13.2. The van der Waals surface area contributed by atoms with Gasteiger partial charge in [0, 0.05) is 29.2 Å². The first-order valence-corrected chi connectivity index (χ1v) is 6.68. The number of methoxy groups -OCH3 is 1. The SMILES string of the molecule is Bc1cc(Cl)c(-c2nc(N)nc3c2CNC3)cc1OC. The highest BCUT2D eigenvalue weighted by Gasteiger charge is 2.21. The fourth-order valence-electron chi connectivity index (χ4n) is 2.46. The molecule has 3 N–H and O–H groups in total. The van der Waals surface area contributed by atoms with E-state index in [9.17, 15) is 0 Å². The van der Waals surface area contributed by atoms with Crippen LogP contribution in [0.1, 0.15) is 11.3 Å². The molecule has 0 saturated heterocycles. The Morgan fingerprint density at radius 2 is 2.15 bits per heavy atom.